The molecule has 4 nitrogen and oxygen atoms in total. The van der Waals surface area contributed by atoms with Crippen LogP contribution in [0.5, 0.6) is 0 Å². The molecule has 0 aromatic carbocycles. The normalized spacial score (nSPS) is 20.3. The first kappa shape index (κ1) is 16.4. The molecule has 0 amide bonds. The number of nitrogens with zero attached hydrogens (tertiary/aromatic N) is 2. The third kappa shape index (κ3) is 3.01. The number of hydrogen-bond acceptors (Lipinski definition) is 4. The van der Waals surface area contributed by atoms with Crippen LogP contribution in [0.2, 0.25) is 0 Å². The van der Waals surface area contributed by atoms with Gasteiger partial charge in [-0.1, -0.05) is 6.07 Å². The number of halogens is 1. The van der Waals surface area contributed by atoms with Crippen LogP contribution in [-0.2, 0) is 16.4 Å². The van der Waals surface area contributed by atoms with E-state index in [1.165, 1.54) is 6.08 Å². The highest BCUT2D eigenvalue weighted by molar-refractivity contribution is 7.13. The van der Waals surface area contributed by atoms with E-state index in [4.69, 9.17) is 9.31 Å². The third-order valence-electron chi connectivity index (χ3n) is 4.38. The summed E-state index contributed by atoms with van der Waals surface area (Å²) in [6.45, 7) is 7.62. The maximum Gasteiger partial charge on any atom is 0.525 e. The molecule has 0 unspecified atom stereocenters. The lowest BCUT2D eigenvalue weighted by molar-refractivity contribution is 0.00578. The lowest BCUT2D eigenvalue weighted by Crippen LogP contribution is -2.41. The number of aromatic nitrogens is 2. The van der Waals surface area contributed by atoms with Crippen LogP contribution in [0.3, 0.4) is 0 Å². The number of rotatable bonds is 3. The lowest BCUT2D eigenvalue weighted by Gasteiger charge is -2.32. The van der Waals surface area contributed by atoms with E-state index in [0.29, 0.717) is 5.56 Å². The second-order valence-corrected chi connectivity index (χ2v) is 7.65. The Morgan fingerprint density at radius 3 is 2.52 bits per heavy atom. The number of thiophene rings is 1. The zero-order chi connectivity index (χ0) is 16.8. The minimum atomic E-state index is -0.989. The molecule has 0 N–H and O–H groups in total. The second-order valence-electron chi connectivity index (χ2n) is 6.70. The standard InChI is InChI=1S/C16H20BFN2O2S/c1-15(2)16(3,4)22-17(21-15)13(18)9-11-10-20(5)19-14(11)12-7-6-8-23-12/h6-10H,1-5H3. The molecular formula is C16H20BFN2O2S. The minimum Gasteiger partial charge on any atom is -0.398 e. The van der Waals surface area contributed by atoms with Crippen LogP contribution in [0.4, 0.5) is 4.39 Å². The van der Waals surface area contributed by atoms with Crippen LogP contribution in [0.15, 0.2) is 29.4 Å². The average molecular weight is 334 g/mol. The van der Waals surface area contributed by atoms with E-state index in [2.05, 4.69) is 5.10 Å². The summed E-state index contributed by atoms with van der Waals surface area (Å²) in [6.07, 6.45) is 3.24. The van der Waals surface area contributed by atoms with E-state index >= 15 is 0 Å². The summed E-state index contributed by atoms with van der Waals surface area (Å²) in [7, 11) is 0.831. The van der Waals surface area contributed by atoms with Crippen LogP contribution in [-0.4, -0.2) is 28.1 Å². The van der Waals surface area contributed by atoms with Gasteiger partial charge in [-0.15, -0.1) is 11.3 Å². The van der Waals surface area contributed by atoms with E-state index in [-0.39, 0.29) is 0 Å². The fraction of sp³-hybridized carbons (Fsp3) is 0.438. The molecule has 7 heteroatoms. The summed E-state index contributed by atoms with van der Waals surface area (Å²) in [4.78, 5) is 0.999. The molecule has 2 aromatic rings. The molecule has 0 bridgehead atoms. The molecule has 3 rings (SSSR count). The van der Waals surface area contributed by atoms with Gasteiger partial charge in [-0.2, -0.15) is 5.10 Å². The van der Waals surface area contributed by atoms with E-state index in [1.54, 1.807) is 22.2 Å². The van der Waals surface area contributed by atoms with Crippen LogP contribution >= 0.6 is 11.3 Å². The van der Waals surface area contributed by atoms with Gasteiger partial charge in [0, 0.05) is 18.8 Å². The van der Waals surface area contributed by atoms with Crippen molar-refractivity contribution in [2.45, 2.75) is 38.9 Å². The first-order chi connectivity index (χ1) is 10.7. The minimum absolute atomic E-state index is 0.450. The zero-order valence-corrected chi connectivity index (χ0v) is 14.8. The highest BCUT2D eigenvalue weighted by Crippen LogP contribution is 2.39. The maximum absolute atomic E-state index is 14.7. The molecule has 1 aliphatic rings. The predicted octanol–water partition coefficient (Wildman–Crippen LogP) is 4.09. The lowest BCUT2D eigenvalue weighted by atomic mass is 9.87. The SMILES string of the molecule is Cn1cc(C=C(F)B2OC(C)(C)C(C)(C)O2)c(-c2cccs2)n1. The molecule has 1 aliphatic heterocycles. The summed E-state index contributed by atoms with van der Waals surface area (Å²) in [5, 5.41) is 6.40. The first-order valence-corrected chi connectivity index (χ1v) is 8.38. The molecule has 0 aliphatic carbocycles. The molecule has 1 saturated heterocycles. The Kier molecular flexibility index (Phi) is 3.98. The fourth-order valence-corrected chi connectivity index (χ4v) is 3.12. The van der Waals surface area contributed by atoms with Crippen LogP contribution in [0.1, 0.15) is 33.3 Å². The molecule has 1 fully saturated rings. The first-order valence-electron chi connectivity index (χ1n) is 7.50. The highest BCUT2D eigenvalue weighted by atomic mass is 32.1. The van der Waals surface area contributed by atoms with Gasteiger partial charge < -0.3 is 9.31 Å². The van der Waals surface area contributed by atoms with Crippen molar-refractivity contribution in [3.63, 3.8) is 0 Å². The smallest absolute Gasteiger partial charge is 0.398 e. The molecule has 0 saturated carbocycles. The molecule has 122 valence electrons. The monoisotopic (exact) mass is 334 g/mol. The molecule has 0 spiro atoms. The van der Waals surface area contributed by atoms with Gasteiger partial charge in [-0.05, 0) is 45.2 Å². The van der Waals surface area contributed by atoms with Crippen molar-refractivity contribution in [2.75, 3.05) is 0 Å². The molecule has 2 aromatic heterocycles. The molecule has 0 atom stereocenters. The average Bonchev–Trinajstić information content (AvgIpc) is 3.10. The van der Waals surface area contributed by atoms with Gasteiger partial charge in [0.1, 0.15) is 11.4 Å². The third-order valence-corrected chi connectivity index (χ3v) is 5.26. The summed E-state index contributed by atoms with van der Waals surface area (Å²) >= 11 is 1.57. The zero-order valence-electron chi connectivity index (χ0n) is 14.0. The fourth-order valence-electron chi connectivity index (χ4n) is 2.39. The van der Waals surface area contributed by atoms with E-state index < -0.39 is 24.0 Å². The number of aryl methyl sites for hydroxylation is 1. The van der Waals surface area contributed by atoms with Gasteiger partial charge in [0.2, 0.25) is 0 Å². The Balaban J connectivity index is 1.91. The summed E-state index contributed by atoms with van der Waals surface area (Å²) in [5.74, 6) is 0. The van der Waals surface area contributed by atoms with Crippen molar-refractivity contribution >= 4 is 24.5 Å². The largest absolute Gasteiger partial charge is 0.525 e. The predicted molar refractivity (Wildman–Crippen MR) is 91.7 cm³/mol. The van der Waals surface area contributed by atoms with Crippen molar-refractivity contribution in [3.8, 4) is 10.6 Å². The Morgan fingerprint density at radius 1 is 1.30 bits per heavy atom. The summed E-state index contributed by atoms with van der Waals surface area (Å²) in [5.41, 5.74) is -0.103. The maximum atomic E-state index is 14.7. The Morgan fingerprint density at radius 2 is 1.96 bits per heavy atom. The topological polar surface area (TPSA) is 36.3 Å². The summed E-state index contributed by atoms with van der Waals surface area (Å²) < 4.78 is 27.9. The molecule has 0 radical (unpaired) electrons. The number of hydrogen-bond donors (Lipinski definition) is 0. The quantitative estimate of drug-likeness (QED) is 0.793. The van der Waals surface area contributed by atoms with Crippen molar-refractivity contribution in [2.24, 2.45) is 7.05 Å². The molecule has 23 heavy (non-hydrogen) atoms. The van der Waals surface area contributed by atoms with Gasteiger partial charge in [0.15, 0.2) is 0 Å². The molecular weight excluding hydrogens is 314 g/mol. The van der Waals surface area contributed by atoms with Crippen molar-refractivity contribution < 1.29 is 13.7 Å². The van der Waals surface area contributed by atoms with Gasteiger partial charge in [-0.3, -0.25) is 4.68 Å². The van der Waals surface area contributed by atoms with Gasteiger partial charge >= 0.3 is 7.12 Å². The van der Waals surface area contributed by atoms with E-state index in [9.17, 15) is 4.39 Å². The van der Waals surface area contributed by atoms with Crippen molar-refractivity contribution in [3.05, 3.63) is 35.0 Å². The Labute approximate surface area is 140 Å². The van der Waals surface area contributed by atoms with E-state index in [0.717, 1.165) is 10.6 Å². The summed E-state index contributed by atoms with van der Waals surface area (Å²) in [6, 6.07) is 3.92. The van der Waals surface area contributed by atoms with Crippen molar-refractivity contribution in [1.82, 2.24) is 9.78 Å². The van der Waals surface area contributed by atoms with Gasteiger partial charge in [0.25, 0.3) is 0 Å². The Hall–Kier alpha value is -1.44. The van der Waals surface area contributed by atoms with Crippen LogP contribution in [0, 0.1) is 0 Å². The van der Waals surface area contributed by atoms with Crippen LogP contribution < -0.4 is 0 Å². The Bertz CT molecular complexity index is 721. The highest BCUT2D eigenvalue weighted by Gasteiger charge is 2.53. The van der Waals surface area contributed by atoms with Crippen LogP contribution in [0.25, 0.3) is 16.6 Å². The molecule has 3 heterocycles. The van der Waals surface area contributed by atoms with Crippen molar-refractivity contribution in [1.29, 1.82) is 0 Å². The van der Waals surface area contributed by atoms with Gasteiger partial charge in [-0.25, -0.2) is 4.39 Å². The van der Waals surface area contributed by atoms with Gasteiger partial charge in [0.05, 0.1) is 16.1 Å². The van der Waals surface area contributed by atoms with E-state index in [1.807, 2.05) is 52.3 Å². The second kappa shape index (κ2) is 5.58.